The Morgan fingerprint density at radius 1 is 0.833 bits per heavy atom. The number of hydrogen-bond donors (Lipinski definition) is 3. The summed E-state index contributed by atoms with van der Waals surface area (Å²) in [7, 11) is 2.99. The van der Waals surface area contributed by atoms with E-state index in [1.807, 2.05) is 0 Å². The highest BCUT2D eigenvalue weighted by Crippen LogP contribution is 2.27. The first-order chi connectivity index (χ1) is 17.4. The van der Waals surface area contributed by atoms with Crippen LogP contribution >= 0.6 is 0 Å². The SMILES string of the molecule is COc1ccc(NC(=O)COc2ccc(/C=N\NC(=O)C(=O)Nc3ccc(F)cc3)cc2OC)cc1. The first-order valence-corrected chi connectivity index (χ1v) is 10.5. The van der Waals surface area contributed by atoms with Gasteiger partial charge in [0.1, 0.15) is 11.6 Å². The summed E-state index contributed by atoms with van der Waals surface area (Å²) in [6.45, 7) is -0.255. The minimum Gasteiger partial charge on any atom is -0.497 e. The quantitative estimate of drug-likeness (QED) is 0.239. The van der Waals surface area contributed by atoms with E-state index in [9.17, 15) is 18.8 Å². The van der Waals surface area contributed by atoms with Crippen LogP contribution in [-0.2, 0) is 14.4 Å². The molecule has 3 aromatic carbocycles. The smallest absolute Gasteiger partial charge is 0.329 e. The van der Waals surface area contributed by atoms with E-state index in [4.69, 9.17) is 14.2 Å². The van der Waals surface area contributed by atoms with E-state index in [0.717, 1.165) is 12.1 Å². The van der Waals surface area contributed by atoms with Crippen molar-refractivity contribution in [3.05, 3.63) is 78.1 Å². The number of ether oxygens (including phenoxy) is 3. The minimum absolute atomic E-state index is 0.255. The van der Waals surface area contributed by atoms with Gasteiger partial charge in [-0.2, -0.15) is 5.10 Å². The zero-order chi connectivity index (χ0) is 25.9. The molecule has 11 heteroatoms. The number of hydrazone groups is 1. The average Bonchev–Trinajstić information content (AvgIpc) is 2.89. The van der Waals surface area contributed by atoms with Crippen molar-refractivity contribution in [2.75, 3.05) is 31.5 Å². The summed E-state index contributed by atoms with van der Waals surface area (Å²) in [5.74, 6) is -1.48. The molecule has 0 bridgehead atoms. The summed E-state index contributed by atoms with van der Waals surface area (Å²) in [6, 6.07) is 16.6. The number of benzene rings is 3. The number of nitrogens with one attached hydrogen (secondary N) is 3. The van der Waals surface area contributed by atoms with Crippen molar-refractivity contribution in [1.82, 2.24) is 5.43 Å². The third-order valence-corrected chi connectivity index (χ3v) is 4.61. The lowest BCUT2D eigenvalue weighted by atomic mass is 10.2. The number of hydrogen-bond acceptors (Lipinski definition) is 7. The molecular weight excluding hydrogens is 471 g/mol. The molecule has 3 rings (SSSR count). The minimum atomic E-state index is -1.01. The molecule has 0 radical (unpaired) electrons. The van der Waals surface area contributed by atoms with Crippen LogP contribution in [0, 0.1) is 5.82 Å². The summed E-state index contributed by atoms with van der Waals surface area (Å²) < 4.78 is 28.8. The first-order valence-electron chi connectivity index (χ1n) is 10.5. The standard InChI is InChI=1S/C25H23FN4O6/c1-34-20-10-8-18(9-11-20)28-23(31)15-36-21-12-3-16(13-22(21)35-2)14-27-30-25(33)24(32)29-19-6-4-17(26)5-7-19/h3-14H,15H2,1-2H3,(H,28,31)(H,29,32)(H,30,33)/b27-14-. The topological polar surface area (TPSA) is 127 Å². The molecule has 0 aliphatic rings. The van der Waals surface area contributed by atoms with Gasteiger partial charge >= 0.3 is 11.8 Å². The fourth-order valence-corrected chi connectivity index (χ4v) is 2.84. The summed E-state index contributed by atoms with van der Waals surface area (Å²) in [6.07, 6.45) is 1.30. The number of nitrogens with zero attached hydrogens (tertiary/aromatic N) is 1. The summed E-state index contributed by atoms with van der Waals surface area (Å²) in [5.41, 5.74) is 3.48. The van der Waals surface area contributed by atoms with Gasteiger partial charge in [-0.3, -0.25) is 14.4 Å². The molecule has 3 amide bonds. The molecule has 0 atom stereocenters. The Bertz CT molecular complexity index is 1250. The lowest BCUT2D eigenvalue weighted by Crippen LogP contribution is -2.32. The molecule has 0 unspecified atom stereocenters. The second-order valence-electron chi connectivity index (χ2n) is 7.14. The second kappa shape index (κ2) is 12.5. The van der Waals surface area contributed by atoms with Gasteiger partial charge in [0, 0.05) is 11.4 Å². The molecular formula is C25H23FN4O6. The number of halogens is 1. The van der Waals surface area contributed by atoms with Gasteiger partial charge in [0.25, 0.3) is 5.91 Å². The Morgan fingerprint density at radius 3 is 2.17 bits per heavy atom. The molecule has 0 aliphatic carbocycles. The highest BCUT2D eigenvalue weighted by molar-refractivity contribution is 6.39. The van der Waals surface area contributed by atoms with Crippen LogP contribution in [0.5, 0.6) is 17.2 Å². The molecule has 186 valence electrons. The molecule has 0 fully saturated rings. The maximum Gasteiger partial charge on any atom is 0.329 e. The van der Waals surface area contributed by atoms with Gasteiger partial charge in [-0.05, 0) is 72.3 Å². The monoisotopic (exact) mass is 494 g/mol. The first kappa shape index (κ1) is 25.7. The van der Waals surface area contributed by atoms with Crippen LogP contribution in [0.1, 0.15) is 5.56 Å². The number of anilines is 2. The zero-order valence-corrected chi connectivity index (χ0v) is 19.4. The zero-order valence-electron chi connectivity index (χ0n) is 19.4. The number of amides is 3. The Labute approximate surface area is 206 Å². The number of methoxy groups -OCH3 is 2. The Morgan fingerprint density at radius 2 is 1.50 bits per heavy atom. The third kappa shape index (κ3) is 7.55. The predicted molar refractivity (Wildman–Crippen MR) is 131 cm³/mol. The van der Waals surface area contributed by atoms with Crippen LogP contribution < -0.4 is 30.3 Å². The number of carbonyl (C=O) groups excluding carboxylic acids is 3. The second-order valence-corrected chi connectivity index (χ2v) is 7.14. The van der Waals surface area contributed by atoms with Crippen LogP contribution in [-0.4, -0.2) is 44.8 Å². The van der Waals surface area contributed by atoms with Crippen molar-refractivity contribution in [3.8, 4) is 17.2 Å². The maximum atomic E-state index is 12.9. The molecule has 0 saturated heterocycles. The van der Waals surface area contributed by atoms with Crippen molar-refractivity contribution in [2.24, 2.45) is 5.10 Å². The Kier molecular flexibility index (Phi) is 8.93. The molecule has 3 N–H and O–H groups in total. The fraction of sp³-hybridized carbons (Fsp3) is 0.120. The molecule has 0 heterocycles. The van der Waals surface area contributed by atoms with Crippen molar-refractivity contribution in [3.63, 3.8) is 0 Å². The van der Waals surface area contributed by atoms with E-state index < -0.39 is 17.6 Å². The largest absolute Gasteiger partial charge is 0.497 e. The fourth-order valence-electron chi connectivity index (χ4n) is 2.84. The molecule has 3 aromatic rings. The Balaban J connectivity index is 1.51. The molecule has 0 saturated carbocycles. The molecule has 36 heavy (non-hydrogen) atoms. The van der Waals surface area contributed by atoms with Crippen molar-refractivity contribution in [1.29, 1.82) is 0 Å². The van der Waals surface area contributed by atoms with Crippen LogP contribution in [0.2, 0.25) is 0 Å². The van der Waals surface area contributed by atoms with Crippen LogP contribution in [0.4, 0.5) is 15.8 Å². The molecule has 0 spiro atoms. The molecule has 0 aliphatic heterocycles. The van der Waals surface area contributed by atoms with Crippen LogP contribution in [0.25, 0.3) is 0 Å². The van der Waals surface area contributed by atoms with Gasteiger partial charge in [0.2, 0.25) is 0 Å². The van der Waals surface area contributed by atoms with Crippen LogP contribution in [0.3, 0.4) is 0 Å². The summed E-state index contributed by atoms with van der Waals surface area (Å²) in [5, 5.41) is 8.77. The van der Waals surface area contributed by atoms with E-state index in [-0.39, 0.29) is 18.2 Å². The number of rotatable bonds is 9. The van der Waals surface area contributed by atoms with E-state index in [1.165, 1.54) is 25.5 Å². The third-order valence-electron chi connectivity index (χ3n) is 4.61. The number of carbonyl (C=O) groups is 3. The van der Waals surface area contributed by atoms with E-state index in [2.05, 4.69) is 21.2 Å². The van der Waals surface area contributed by atoms with Gasteiger partial charge in [0.15, 0.2) is 18.1 Å². The van der Waals surface area contributed by atoms with Gasteiger partial charge in [-0.25, -0.2) is 9.82 Å². The van der Waals surface area contributed by atoms with Crippen molar-refractivity contribution < 1.29 is 33.0 Å². The maximum absolute atomic E-state index is 12.9. The summed E-state index contributed by atoms with van der Waals surface area (Å²) in [4.78, 5) is 36.0. The van der Waals surface area contributed by atoms with E-state index >= 15 is 0 Å². The summed E-state index contributed by atoms with van der Waals surface area (Å²) >= 11 is 0. The van der Waals surface area contributed by atoms with Gasteiger partial charge < -0.3 is 24.8 Å². The van der Waals surface area contributed by atoms with Crippen molar-refractivity contribution >= 4 is 35.3 Å². The average molecular weight is 494 g/mol. The van der Waals surface area contributed by atoms with Gasteiger partial charge in [-0.15, -0.1) is 0 Å². The molecule has 0 aromatic heterocycles. The lowest BCUT2D eigenvalue weighted by Gasteiger charge is -2.11. The van der Waals surface area contributed by atoms with Gasteiger partial charge in [-0.1, -0.05) is 0 Å². The Hall–Kier alpha value is -4.93. The highest BCUT2D eigenvalue weighted by atomic mass is 19.1. The lowest BCUT2D eigenvalue weighted by molar-refractivity contribution is -0.136. The van der Waals surface area contributed by atoms with Crippen molar-refractivity contribution in [2.45, 2.75) is 0 Å². The normalized spacial score (nSPS) is 10.4. The predicted octanol–water partition coefficient (Wildman–Crippen LogP) is 2.95. The van der Waals surface area contributed by atoms with Gasteiger partial charge in [0.05, 0.1) is 20.4 Å². The van der Waals surface area contributed by atoms with Crippen LogP contribution in [0.15, 0.2) is 71.8 Å². The van der Waals surface area contributed by atoms with E-state index in [1.54, 1.807) is 49.6 Å². The highest BCUT2D eigenvalue weighted by Gasteiger charge is 2.13. The molecule has 10 nitrogen and oxygen atoms in total. The van der Waals surface area contributed by atoms with E-state index in [0.29, 0.717) is 28.5 Å².